The summed E-state index contributed by atoms with van der Waals surface area (Å²) in [6.45, 7) is 1.27. The Bertz CT molecular complexity index is 949. The van der Waals surface area contributed by atoms with E-state index < -0.39 is 0 Å². The Balaban J connectivity index is 1.72. The van der Waals surface area contributed by atoms with Gasteiger partial charge in [0.05, 0.1) is 24.7 Å². The highest BCUT2D eigenvalue weighted by molar-refractivity contribution is 6.14. The average molecular weight is 359 g/mol. The number of hydrogen-bond acceptors (Lipinski definition) is 4. The zero-order valence-corrected chi connectivity index (χ0v) is 15.1. The molecule has 0 N–H and O–H groups in total. The maximum atomic E-state index is 12.8. The zero-order chi connectivity index (χ0) is 18.6. The van der Waals surface area contributed by atoms with Crippen LogP contribution in [0.3, 0.4) is 0 Å². The molecule has 0 saturated carbocycles. The fourth-order valence-electron chi connectivity index (χ4n) is 3.54. The Morgan fingerprint density at radius 2 is 2.04 bits per heavy atom. The van der Waals surface area contributed by atoms with Gasteiger partial charge in [-0.1, -0.05) is 36.8 Å². The number of amidine groups is 1. The van der Waals surface area contributed by atoms with E-state index in [9.17, 15) is 4.79 Å². The molecule has 0 aliphatic carbocycles. The van der Waals surface area contributed by atoms with Crippen LogP contribution in [-0.4, -0.2) is 33.0 Å². The minimum absolute atomic E-state index is 0.0179. The van der Waals surface area contributed by atoms with E-state index in [-0.39, 0.29) is 5.91 Å². The summed E-state index contributed by atoms with van der Waals surface area (Å²) in [7, 11) is 0. The molecule has 0 unspecified atom stereocenters. The average Bonchev–Trinajstić information content (AvgIpc) is 3.12. The predicted octanol–water partition coefficient (Wildman–Crippen LogP) is 3.62. The summed E-state index contributed by atoms with van der Waals surface area (Å²) >= 11 is 0. The lowest BCUT2D eigenvalue weighted by molar-refractivity contribution is -0.122. The van der Waals surface area contributed by atoms with E-state index >= 15 is 0 Å². The molecule has 2 aliphatic heterocycles. The molecule has 1 aromatic heterocycles. The number of carbonyl (C=O) groups excluding carboxylic acids is 1. The number of rotatable bonds is 4. The molecule has 0 radical (unpaired) electrons. The van der Waals surface area contributed by atoms with Gasteiger partial charge in [0.2, 0.25) is 0 Å². The third-order valence-electron chi connectivity index (χ3n) is 4.89. The molecule has 0 atom stereocenters. The van der Waals surface area contributed by atoms with Crippen LogP contribution in [0.4, 0.5) is 0 Å². The van der Waals surface area contributed by atoms with Crippen molar-refractivity contribution in [2.24, 2.45) is 4.99 Å². The number of aliphatic imine (C=N–C) groups is 1. The monoisotopic (exact) mass is 359 g/mol. The van der Waals surface area contributed by atoms with Gasteiger partial charge in [0, 0.05) is 30.3 Å². The predicted molar refractivity (Wildman–Crippen MR) is 103 cm³/mol. The second-order valence-corrected chi connectivity index (χ2v) is 6.80. The van der Waals surface area contributed by atoms with Crippen molar-refractivity contribution >= 4 is 17.8 Å². The summed E-state index contributed by atoms with van der Waals surface area (Å²) in [6, 6.07) is 12.0. The van der Waals surface area contributed by atoms with E-state index in [1.54, 1.807) is 4.68 Å². The minimum Gasteiger partial charge on any atom is -0.295 e. The maximum Gasteiger partial charge on any atom is 0.277 e. The number of aryl methyl sites for hydroxylation is 1. The van der Waals surface area contributed by atoms with E-state index in [1.807, 2.05) is 47.5 Å². The number of hydrogen-bond donors (Lipinski definition) is 0. The third-order valence-corrected chi connectivity index (χ3v) is 4.89. The van der Waals surface area contributed by atoms with Crippen molar-refractivity contribution in [2.45, 2.75) is 38.6 Å². The lowest BCUT2D eigenvalue weighted by Gasteiger charge is -2.13. The first kappa shape index (κ1) is 17.2. The topological polar surface area (TPSA) is 74.3 Å². The van der Waals surface area contributed by atoms with Crippen molar-refractivity contribution in [2.75, 3.05) is 6.54 Å². The van der Waals surface area contributed by atoms with Crippen molar-refractivity contribution in [1.29, 1.82) is 5.26 Å². The van der Waals surface area contributed by atoms with Gasteiger partial charge in [0.15, 0.2) is 0 Å². The third kappa shape index (κ3) is 3.54. The quantitative estimate of drug-likeness (QED) is 0.783. The molecule has 1 saturated heterocycles. The molecule has 2 aliphatic rings. The molecule has 1 amide bonds. The number of benzene rings is 1. The summed E-state index contributed by atoms with van der Waals surface area (Å²) in [4.78, 5) is 19.2. The largest absolute Gasteiger partial charge is 0.295 e. The highest BCUT2D eigenvalue weighted by atomic mass is 16.2. The first-order chi connectivity index (χ1) is 13.3. The van der Waals surface area contributed by atoms with Crippen LogP contribution in [-0.2, 0) is 11.3 Å². The van der Waals surface area contributed by atoms with E-state index in [1.165, 1.54) is 0 Å². The SMILES string of the molecule is N#CCCn1cc(/C=C2/N=C3CCCCCN3C2=O)c(-c2ccccc2)n1. The van der Waals surface area contributed by atoms with E-state index in [0.717, 1.165) is 54.9 Å². The van der Waals surface area contributed by atoms with E-state index in [2.05, 4.69) is 16.2 Å². The fourth-order valence-corrected chi connectivity index (χ4v) is 3.54. The van der Waals surface area contributed by atoms with Crippen molar-refractivity contribution in [3.63, 3.8) is 0 Å². The summed E-state index contributed by atoms with van der Waals surface area (Å²) in [5, 5.41) is 13.5. The van der Waals surface area contributed by atoms with E-state index in [0.29, 0.717) is 18.7 Å². The molecule has 1 aromatic carbocycles. The Labute approximate surface area is 158 Å². The first-order valence-electron chi connectivity index (χ1n) is 9.37. The van der Waals surface area contributed by atoms with Crippen LogP contribution in [0.2, 0.25) is 0 Å². The molecular formula is C21H21N5O. The van der Waals surface area contributed by atoms with Gasteiger partial charge < -0.3 is 0 Å². The molecule has 3 heterocycles. The molecular weight excluding hydrogens is 338 g/mol. The van der Waals surface area contributed by atoms with Gasteiger partial charge in [-0.2, -0.15) is 10.4 Å². The van der Waals surface area contributed by atoms with Gasteiger partial charge in [0.1, 0.15) is 11.5 Å². The molecule has 0 bridgehead atoms. The smallest absolute Gasteiger partial charge is 0.277 e. The second kappa shape index (κ2) is 7.58. The van der Waals surface area contributed by atoms with Crippen LogP contribution in [0.15, 0.2) is 47.2 Å². The summed E-state index contributed by atoms with van der Waals surface area (Å²) in [5.74, 6) is 0.873. The van der Waals surface area contributed by atoms with Crippen LogP contribution in [0.5, 0.6) is 0 Å². The number of aromatic nitrogens is 2. The molecule has 27 heavy (non-hydrogen) atoms. The van der Waals surface area contributed by atoms with Crippen molar-refractivity contribution in [3.8, 4) is 17.3 Å². The molecule has 4 rings (SSSR count). The van der Waals surface area contributed by atoms with Crippen molar-refractivity contribution in [3.05, 3.63) is 47.8 Å². The number of fused-ring (bicyclic) bond motifs is 1. The number of amides is 1. The van der Waals surface area contributed by atoms with E-state index in [4.69, 9.17) is 5.26 Å². The highest BCUT2D eigenvalue weighted by Gasteiger charge is 2.30. The fraction of sp³-hybridized carbons (Fsp3) is 0.333. The van der Waals surface area contributed by atoms with Gasteiger partial charge in [-0.25, -0.2) is 4.99 Å². The Hall–Kier alpha value is -3.20. The second-order valence-electron chi connectivity index (χ2n) is 6.80. The van der Waals surface area contributed by atoms with Crippen LogP contribution in [0.25, 0.3) is 17.3 Å². The lowest BCUT2D eigenvalue weighted by atomic mass is 10.1. The number of nitrogens with zero attached hydrogens (tertiary/aromatic N) is 5. The van der Waals surface area contributed by atoms with Gasteiger partial charge in [-0.05, 0) is 18.9 Å². The molecule has 6 nitrogen and oxygen atoms in total. The van der Waals surface area contributed by atoms with Crippen LogP contribution in [0.1, 0.15) is 37.7 Å². The molecule has 0 spiro atoms. The van der Waals surface area contributed by atoms with Crippen LogP contribution < -0.4 is 0 Å². The Morgan fingerprint density at radius 1 is 1.19 bits per heavy atom. The molecule has 2 aromatic rings. The summed E-state index contributed by atoms with van der Waals surface area (Å²) < 4.78 is 1.77. The lowest BCUT2D eigenvalue weighted by Crippen LogP contribution is -2.31. The van der Waals surface area contributed by atoms with Crippen molar-refractivity contribution in [1.82, 2.24) is 14.7 Å². The van der Waals surface area contributed by atoms with Crippen LogP contribution >= 0.6 is 0 Å². The number of carbonyl (C=O) groups is 1. The maximum absolute atomic E-state index is 12.8. The molecule has 136 valence electrons. The molecule has 6 heteroatoms. The zero-order valence-electron chi connectivity index (χ0n) is 15.1. The Kier molecular flexibility index (Phi) is 4.84. The summed E-state index contributed by atoms with van der Waals surface area (Å²) in [6.07, 6.45) is 8.23. The van der Waals surface area contributed by atoms with Crippen molar-refractivity contribution < 1.29 is 4.79 Å². The minimum atomic E-state index is -0.0179. The standard InChI is InChI=1S/C21H21N5O/c22-11-7-12-25-15-17(20(24-25)16-8-3-1-4-9-16)14-18-21(27)26-13-6-2-5-10-19(26)23-18/h1,3-4,8-9,14-15H,2,5-7,10,12-13H2/b18-14+. The normalized spacial score (nSPS) is 18.2. The van der Waals surface area contributed by atoms with Crippen LogP contribution in [0, 0.1) is 11.3 Å². The van der Waals surface area contributed by atoms with Gasteiger partial charge in [-0.3, -0.25) is 14.4 Å². The highest BCUT2D eigenvalue weighted by Crippen LogP contribution is 2.28. The summed E-state index contributed by atoms with van der Waals surface area (Å²) in [5.41, 5.74) is 3.11. The number of nitriles is 1. The van der Waals surface area contributed by atoms with Gasteiger partial charge in [-0.15, -0.1) is 0 Å². The Morgan fingerprint density at radius 3 is 2.85 bits per heavy atom. The van der Waals surface area contributed by atoms with Gasteiger partial charge >= 0.3 is 0 Å². The van der Waals surface area contributed by atoms with Gasteiger partial charge in [0.25, 0.3) is 5.91 Å². The first-order valence-corrected chi connectivity index (χ1v) is 9.37. The molecule has 1 fully saturated rings.